The fraction of sp³-hybridized carbons (Fsp3) is 0.769. The van der Waals surface area contributed by atoms with E-state index >= 15 is 0 Å². The monoisotopic (exact) mass is 225 g/mol. The molecular weight excluding hydrogens is 202 g/mol. The van der Waals surface area contributed by atoms with E-state index in [1.165, 1.54) is 0 Å². The Balaban J connectivity index is 2.11. The second kappa shape index (κ2) is 7.58. The van der Waals surface area contributed by atoms with Crippen molar-refractivity contribution >= 4 is 5.78 Å². The lowest BCUT2D eigenvalue weighted by Crippen LogP contribution is -2.44. The topological polar surface area (TPSA) is 29.5 Å². The van der Waals surface area contributed by atoms with Crippen LogP contribution in [-0.4, -0.2) is 43.5 Å². The zero-order chi connectivity index (χ0) is 11.8. The van der Waals surface area contributed by atoms with Crippen molar-refractivity contribution in [2.45, 2.75) is 38.2 Å². The lowest BCUT2D eigenvalue weighted by molar-refractivity contribution is -0.135. The van der Waals surface area contributed by atoms with Crippen LogP contribution in [0, 0.1) is 0 Å². The summed E-state index contributed by atoms with van der Waals surface area (Å²) in [5.41, 5.74) is 0. The number of hydrogen-bond acceptors (Lipinski definition) is 3. The highest BCUT2D eigenvalue weighted by Crippen LogP contribution is 2.10. The summed E-state index contributed by atoms with van der Waals surface area (Å²) in [4.78, 5) is 14.0. The molecule has 0 saturated carbocycles. The zero-order valence-corrected chi connectivity index (χ0v) is 10.3. The number of carbonyl (C=O) groups excluding carboxylic acids is 1. The van der Waals surface area contributed by atoms with E-state index in [4.69, 9.17) is 4.74 Å². The molecule has 0 N–H and O–H groups in total. The van der Waals surface area contributed by atoms with Gasteiger partial charge in [-0.25, -0.2) is 0 Å². The highest BCUT2D eigenvalue weighted by Gasteiger charge is 2.23. The van der Waals surface area contributed by atoms with Crippen LogP contribution in [0.1, 0.15) is 32.1 Å². The number of rotatable bonds is 7. The largest absolute Gasteiger partial charge is 0.368 e. The number of allylic oxidation sites excluding steroid dienone is 1. The lowest BCUT2D eigenvalue weighted by atomic mass is 10.1. The van der Waals surface area contributed by atoms with Gasteiger partial charge in [-0.05, 0) is 26.3 Å². The predicted molar refractivity (Wildman–Crippen MR) is 65.5 cm³/mol. The molecule has 3 nitrogen and oxygen atoms in total. The summed E-state index contributed by atoms with van der Waals surface area (Å²) in [6.07, 6.45) is 6.70. The molecule has 1 aliphatic heterocycles. The number of morpholine rings is 1. The second-order valence-corrected chi connectivity index (χ2v) is 4.48. The Bertz CT molecular complexity index is 228. The van der Waals surface area contributed by atoms with Gasteiger partial charge in [0.15, 0.2) is 5.78 Å². The number of unbranched alkanes of at least 4 members (excludes halogenated alkanes) is 3. The zero-order valence-electron chi connectivity index (χ0n) is 10.3. The van der Waals surface area contributed by atoms with Crippen LogP contribution in [0.3, 0.4) is 0 Å². The molecule has 1 unspecified atom stereocenters. The van der Waals surface area contributed by atoms with Crippen LogP contribution in [-0.2, 0) is 9.53 Å². The number of hydrogen-bond donors (Lipinski definition) is 0. The first kappa shape index (κ1) is 13.4. The molecule has 0 aromatic heterocycles. The van der Waals surface area contributed by atoms with Gasteiger partial charge in [0.25, 0.3) is 0 Å². The number of nitrogens with zero attached hydrogens (tertiary/aromatic N) is 1. The number of ketones is 1. The Morgan fingerprint density at radius 2 is 2.31 bits per heavy atom. The van der Waals surface area contributed by atoms with Crippen molar-refractivity contribution in [1.82, 2.24) is 4.90 Å². The molecule has 0 aliphatic carbocycles. The van der Waals surface area contributed by atoms with Gasteiger partial charge >= 0.3 is 0 Å². The van der Waals surface area contributed by atoms with Gasteiger partial charge in [0.2, 0.25) is 0 Å². The molecule has 0 amide bonds. The summed E-state index contributed by atoms with van der Waals surface area (Å²) < 4.78 is 5.48. The standard InChI is InChI=1S/C13H23NO2/c1-3-4-5-6-7-8-12(15)13-11-14(2)9-10-16-13/h3,13H,1,4-11H2,2H3. The van der Waals surface area contributed by atoms with Gasteiger partial charge in [0.05, 0.1) is 6.61 Å². The number of ether oxygens (including phenoxy) is 1. The molecular formula is C13H23NO2. The molecule has 0 spiro atoms. The van der Waals surface area contributed by atoms with Crippen LogP contribution in [0.15, 0.2) is 12.7 Å². The van der Waals surface area contributed by atoms with Crippen LogP contribution in [0.4, 0.5) is 0 Å². The van der Waals surface area contributed by atoms with E-state index in [1.54, 1.807) is 0 Å². The first-order valence-corrected chi connectivity index (χ1v) is 6.18. The Kier molecular flexibility index (Phi) is 6.34. The highest BCUT2D eigenvalue weighted by molar-refractivity contribution is 5.83. The summed E-state index contributed by atoms with van der Waals surface area (Å²) in [5.74, 6) is 0.269. The number of carbonyl (C=O) groups is 1. The van der Waals surface area contributed by atoms with Crippen LogP contribution < -0.4 is 0 Å². The molecule has 1 atom stereocenters. The Morgan fingerprint density at radius 1 is 1.50 bits per heavy atom. The first-order valence-electron chi connectivity index (χ1n) is 6.18. The molecule has 0 aromatic carbocycles. The maximum Gasteiger partial charge on any atom is 0.162 e. The first-order chi connectivity index (χ1) is 7.74. The molecule has 92 valence electrons. The molecule has 1 rings (SSSR count). The molecule has 0 radical (unpaired) electrons. The van der Waals surface area contributed by atoms with E-state index in [9.17, 15) is 4.79 Å². The van der Waals surface area contributed by atoms with Gasteiger partial charge in [-0.1, -0.05) is 12.5 Å². The number of likely N-dealkylation sites (N-methyl/N-ethyl adjacent to an activating group) is 1. The van der Waals surface area contributed by atoms with Gasteiger partial charge in [-0.15, -0.1) is 6.58 Å². The van der Waals surface area contributed by atoms with Crippen molar-refractivity contribution in [2.75, 3.05) is 26.7 Å². The van der Waals surface area contributed by atoms with Crippen molar-refractivity contribution in [3.8, 4) is 0 Å². The van der Waals surface area contributed by atoms with Crippen molar-refractivity contribution < 1.29 is 9.53 Å². The summed E-state index contributed by atoms with van der Waals surface area (Å²) in [6, 6.07) is 0. The minimum Gasteiger partial charge on any atom is -0.368 e. The van der Waals surface area contributed by atoms with E-state index in [0.717, 1.165) is 38.8 Å². The molecule has 1 heterocycles. The molecule has 1 fully saturated rings. The molecule has 0 aromatic rings. The van der Waals surface area contributed by atoms with Crippen LogP contribution >= 0.6 is 0 Å². The third kappa shape index (κ3) is 4.90. The average molecular weight is 225 g/mol. The third-order valence-corrected chi connectivity index (χ3v) is 2.96. The maximum atomic E-state index is 11.8. The minimum absolute atomic E-state index is 0.182. The normalized spacial score (nSPS) is 21.9. The highest BCUT2D eigenvalue weighted by atomic mass is 16.5. The maximum absolute atomic E-state index is 11.8. The van der Waals surface area contributed by atoms with Crippen LogP contribution in [0.2, 0.25) is 0 Å². The molecule has 1 aliphatic rings. The lowest BCUT2D eigenvalue weighted by Gasteiger charge is -2.29. The van der Waals surface area contributed by atoms with Crippen LogP contribution in [0.5, 0.6) is 0 Å². The second-order valence-electron chi connectivity index (χ2n) is 4.48. The summed E-state index contributed by atoms with van der Waals surface area (Å²) in [7, 11) is 2.03. The smallest absolute Gasteiger partial charge is 0.162 e. The summed E-state index contributed by atoms with van der Waals surface area (Å²) >= 11 is 0. The van der Waals surface area contributed by atoms with Gasteiger partial charge in [0.1, 0.15) is 6.10 Å². The van der Waals surface area contributed by atoms with E-state index in [2.05, 4.69) is 11.5 Å². The van der Waals surface area contributed by atoms with Crippen molar-refractivity contribution in [2.24, 2.45) is 0 Å². The number of Topliss-reactive ketones (excluding diaryl/α,β-unsaturated/α-hetero) is 1. The predicted octanol–water partition coefficient (Wildman–Crippen LogP) is 2.02. The van der Waals surface area contributed by atoms with Crippen molar-refractivity contribution in [1.29, 1.82) is 0 Å². The minimum atomic E-state index is -0.182. The van der Waals surface area contributed by atoms with Crippen molar-refractivity contribution in [3.63, 3.8) is 0 Å². The average Bonchev–Trinajstić information content (AvgIpc) is 2.28. The Hall–Kier alpha value is -0.670. The molecule has 3 heteroatoms. The fourth-order valence-corrected chi connectivity index (χ4v) is 1.90. The fourth-order valence-electron chi connectivity index (χ4n) is 1.90. The Labute approximate surface area is 98.5 Å². The van der Waals surface area contributed by atoms with Gasteiger partial charge in [0, 0.05) is 19.5 Å². The summed E-state index contributed by atoms with van der Waals surface area (Å²) in [6.45, 7) is 6.06. The SMILES string of the molecule is C=CCCCCCC(=O)C1CN(C)CCO1. The quantitative estimate of drug-likeness (QED) is 0.490. The van der Waals surface area contributed by atoms with E-state index < -0.39 is 0 Å². The van der Waals surface area contributed by atoms with Crippen molar-refractivity contribution in [3.05, 3.63) is 12.7 Å². The van der Waals surface area contributed by atoms with Gasteiger partial charge in [-0.3, -0.25) is 4.79 Å². The third-order valence-electron chi connectivity index (χ3n) is 2.96. The van der Waals surface area contributed by atoms with E-state index in [1.807, 2.05) is 13.1 Å². The van der Waals surface area contributed by atoms with Gasteiger partial charge < -0.3 is 9.64 Å². The molecule has 0 bridgehead atoms. The summed E-state index contributed by atoms with van der Waals surface area (Å²) in [5, 5.41) is 0. The Morgan fingerprint density at radius 3 is 3.00 bits per heavy atom. The molecule has 16 heavy (non-hydrogen) atoms. The van der Waals surface area contributed by atoms with Crippen LogP contribution in [0.25, 0.3) is 0 Å². The van der Waals surface area contributed by atoms with Gasteiger partial charge in [-0.2, -0.15) is 0 Å². The van der Waals surface area contributed by atoms with E-state index in [-0.39, 0.29) is 11.9 Å². The van der Waals surface area contributed by atoms with E-state index in [0.29, 0.717) is 13.0 Å². The molecule has 1 saturated heterocycles.